The van der Waals surface area contributed by atoms with Gasteiger partial charge in [-0.1, -0.05) is 42.8 Å². The second-order valence-corrected chi connectivity index (χ2v) is 9.42. The average molecular weight is 465 g/mol. The number of halogens is 1. The molecule has 2 aliphatic heterocycles. The van der Waals surface area contributed by atoms with E-state index in [1.54, 1.807) is 12.1 Å². The Morgan fingerprint density at radius 2 is 1.75 bits per heavy atom. The molecule has 7 nitrogen and oxygen atoms in total. The van der Waals surface area contributed by atoms with Crippen LogP contribution in [0.15, 0.2) is 42.5 Å². The molecule has 4 rings (SSSR count). The number of rotatable bonds is 7. The van der Waals surface area contributed by atoms with Gasteiger partial charge < -0.3 is 34.6 Å². The highest BCUT2D eigenvalue weighted by molar-refractivity contribution is 6.31. The Balaban J connectivity index is 1.46. The van der Waals surface area contributed by atoms with Gasteiger partial charge in [-0.3, -0.25) is 0 Å². The zero-order valence-corrected chi connectivity index (χ0v) is 18.6. The number of hydrogen-bond donors (Lipinski definition) is 4. The molecule has 1 unspecified atom stereocenters. The van der Waals surface area contributed by atoms with Crippen LogP contribution in [0.25, 0.3) is 0 Å². The molecule has 174 valence electrons. The highest BCUT2D eigenvalue weighted by atomic mass is 35.5. The van der Waals surface area contributed by atoms with Crippen molar-refractivity contribution in [3.63, 3.8) is 0 Å². The summed E-state index contributed by atoms with van der Waals surface area (Å²) in [5.41, 5.74) is 2.55. The molecule has 0 aliphatic carbocycles. The van der Waals surface area contributed by atoms with Crippen LogP contribution in [0.2, 0.25) is 5.02 Å². The van der Waals surface area contributed by atoms with Crippen molar-refractivity contribution in [1.29, 1.82) is 0 Å². The third kappa shape index (κ3) is 4.94. The van der Waals surface area contributed by atoms with Crippen LogP contribution in [0, 0.1) is 5.41 Å². The van der Waals surface area contributed by atoms with E-state index in [-0.39, 0.29) is 5.41 Å². The third-order valence-corrected chi connectivity index (χ3v) is 6.47. The van der Waals surface area contributed by atoms with Gasteiger partial charge >= 0.3 is 0 Å². The Bertz CT molecular complexity index is 913. The van der Waals surface area contributed by atoms with Crippen LogP contribution in [-0.2, 0) is 15.9 Å². The molecule has 5 atom stereocenters. The van der Waals surface area contributed by atoms with E-state index in [4.69, 9.17) is 25.8 Å². The summed E-state index contributed by atoms with van der Waals surface area (Å²) in [4.78, 5) is 0. The number of hydrogen-bond acceptors (Lipinski definition) is 7. The maximum absolute atomic E-state index is 10.4. The smallest absolute Gasteiger partial charge is 0.119 e. The lowest BCUT2D eigenvalue weighted by Gasteiger charge is -2.40. The van der Waals surface area contributed by atoms with Gasteiger partial charge in [0.05, 0.1) is 26.4 Å². The molecular formula is C24H29ClO7. The van der Waals surface area contributed by atoms with Crippen molar-refractivity contribution in [1.82, 2.24) is 0 Å². The molecule has 32 heavy (non-hydrogen) atoms. The highest BCUT2D eigenvalue weighted by Crippen LogP contribution is 2.34. The van der Waals surface area contributed by atoms with Crippen molar-refractivity contribution in [2.75, 3.05) is 26.4 Å². The Hall–Kier alpha value is -1.71. The first kappa shape index (κ1) is 23.4. The van der Waals surface area contributed by atoms with Crippen molar-refractivity contribution in [3.8, 4) is 5.75 Å². The van der Waals surface area contributed by atoms with Crippen LogP contribution in [0.5, 0.6) is 5.75 Å². The van der Waals surface area contributed by atoms with Crippen molar-refractivity contribution in [2.45, 2.75) is 43.9 Å². The van der Waals surface area contributed by atoms with Crippen molar-refractivity contribution in [2.24, 2.45) is 5.41 Å². The molecule has 0 amide bonds. The second-order valence-electron chi connectivity index (χ2n) is 9.01. The van der Waals surface area contributed by atoms with Gasteiger partial charge in [-0.15, -0.1) is 0 Å². The molecule has 2 heterocycles. The first-order valence-electron chi connectivity index (χ1n) is 10.7. The summed E-state index contributed by atoms with van der Waals surface area (Å²) < 4.78 is 16.8. The summed E-state index contributed by atoms with van der Waals surface area (Å²) in [5.74, 6) is 0.794. The van der Waals surface area contributed by atoms with Crippen molar-refractivity contribution in [3.05, 3.63) is 64.2 Å². The molecule has 0 aromatic heterocycles. The van der Waals surface area contributed by atoms with Crippen LogP contribution in [-0.4, -0.2) is 71.3 Å². The highest BCUT2D eigenvalue weighted by Gasteiger charge is 2.44. The van der Waals surface area contributed by atoms with E-state index in [1.165, 1.54) is 0 Å². The lowest BCUT2D eigenvalue weighted by molar-refractivity contribution is -0.231. The van der Waals surface area contributed by atoms with E-state index >= 15 is 0 Å². The molecule has 2 aromatic rings. The van der Waals surface area contributed by atoms with Gasteiger partial charge in [0.25, 0.3) is 0 Å². The fraction of sp³-hybridized carbons (Fsp3) is 0.500. The maximum atomic E-state index is 10.4. The van der Waals surface area contributed by atoms with E-state index in [1.807, 2.05) is 30.3 Å². The van der Waals surface area contributed by atoms with Gasteiger partial charge in [0.15, 0.2) is 0 Å². The molecule has 4 N–H and O–H groups in total. The molecule has 2 aliphatic rings. The fourth-order valence-corrected chi connectivity index (χ4v) is 4.18. The van der Waals surface area contributed by atoms with Gasteiger partial charge in [0.1, 0.15) is 36.3 Å². The van der Waals surface area contributed by atoms with E-state index in [2.05, 4.69) is 6.92 Å². The van der Waals surface area contributed by atoms with E-state index in [0.29, 0.717) is 36.8 Å². The van der Waals surface area contributed by atoms with Gasteiger partial charge in [-0.25, -0.2) is 0 Å². The van der Waals surface area contributed by atoms with Gasteiger partial charge in [0, 0.05) is 10.4 Å². The minimum Gasteiger partial charge on any atom is -0.493 e. The van der Waals surface area contributed by atoms with Crippen molar-refractivity contribution >= 4 is 11.6 Å². The summed E-state index contributed by atoms with van der Waals surface area (Å²) in [6.07, 6.45) is -5.45. The maximum Gasteiger partial charge on any atom is 0.119 e. The summed E-state index contributed by atoms with van der Waals surface area (Å²) >= 11 is 6.41. The lowest BCUT2D eigenvalue weighted by Crippen LogP contribution is -2.55. The van der Waals surface area contributed by atoms with Gasteiger partial charge in [-0.2, -0.15) is 0 Å². The molecule has 0 saturated carbocycles. The molecule has 2 fully saturated rings. The molecule has 2 saturated heterocycles. The fourth-order valence-electron chi connectivity index (χ4n) is 4.00. The Morgan fingerprint density at radius 3 is 2.38 bits per heavy atom. The molecule has 8 heteroatoms. The molecular weight excluding hydrogens is 436 g/mol. The van der Waals surface area contributed by atoms with Crippen molar-refractivity contribution < 1.29 is 34.6 Å². The molecule has 0 radical (unpaired) electrons. The minimum atomic E-state index is -1.42. The number of aliphatic hydroxyl groups excluding tert-OH is 4. The Morgan fingerprint density at radius 1 is 1.03 bits per heavy atom. The van der Waals surface area contributed by atoms with E-state index in [0.717, 1.165) is 16.9 Å². The summed E-state index contributed by atoms with van der Waals surface area (Å²) in [6.45, 7) is 3.71. The molecule has 0 spiro atoms. The van der Waals surface area contributed by atoms with Crippen LogP contribution in [0.1, 0.15) is 29.7 Å². The predicted molar refractivity (Wildman–Crippen MR) is 118 cm³/mol. The first-order chi connectivity index (χ1) is 15.3. The molecule has 0 bridgehead atoms. The minimum absolute atomic E-state index is 0.0804. The van der Waals surface area contributed by atoms with Crippen LogP contribution in [0.3, 0.4) is 0 Å². The quantitative estimate of drug-likeness (QED) is 0.495. The summed E-state index contributed by atoms with van der Waals surface area (Å²) in [6, 6.07) is 13.0. The summed E-state index contributed by atoms with van der Waals surface area (Å²) in [7, 11) is 0. The Kier molecular flexibility index (Phi) is 7.07. The second kappa shape index (κ2) is 9.65. The zero-order chi connectivity index (χ0) is 22.9. The number of benzene rings is 2. The Labute approximate surface area is 192 Å². The zero-order valence-electron chi connectivity index (χ0n) is 17.9. The van der Waals surface area contributed by atoms with E-state index < -0.39 is 37.1 Å². The van der Waals surface area contributed by atoms with Crippen LogP contribution >= 0.6 is 11.6 Å². The molecule has 2 aromatic carbocycles. The van der Waals surface area contributed by atoms with Crippen LogP contribution in [0.4, 0.5) is 0 Å². The topological polar surface area (TPSA) is 109 Å². The standard InChI is InChI=1S/C24H29ClO7/c1-24(11-30-12-24)13-31-17-5-2-14(3-6-17)8-16-9-15(4-7-18(16)25)23-22(29)21(28)20(27)19(10-26)32-23/h2-7,9,19-23,26-29H,8,10-13H2,1H3/t19?,20-,21+,22-,23+/m1/s1. The third-order valence-electron chi connectivity index (χ3n) is 6.10. The SMILES string of the molecule is CC1(COc2ccc(Cc3cc([C@@H]4OC(CO)[C@@H](O)[C@H](O)[C@H]4O)ccc3Cl)cc2)COC1. The first-order valence-corrected chi connectivity index (χ1v) is 11.1. The summed E-state index contributed by atoms with van der Waals surface area (Å²) in [5, 5.41) is 40.5. The van der Waals surface area contributed by atoms with Gasteiger partial charge in [0.2, 0.25) is 0 Å². The average Bonchev–Trinajstić information content (AvgIpc) is 2.77. The van der Waals surface area contributed by atoms with Crippen LogP contribution < -0.4 is 4.74 Å². The lowest BCUT2D eigenvalue weighted by atomic mass is 9.90. The van der Waals surface area contributed by atoms with E-state index in [9.17, 15) is 20.4 Å². The largest absolute Gasteiger partial charge is 0.493 e. The normalized spacial score (nSPS) is 29.4. The number of ether oxygens (including phenoxy) is 3. The monoisotopic (exact) mass is 464 g/mol. The predicted octanol–water partition coefficient (Wildman–Crippen LogP) is 1.86. The van der Waals surface area contributed by atoms with Gasteiger partial charge in [-0.05, 0) is 41.3 Å². The number of aliphatic hydroxyl groups is 4.